The first-order valence-corrected chi connectivity index (χ1v) is 9.07. The molecule has 1 N–H and O–H groups in total. The van der Waals surface area contributed by atoms with Gasteiger partial charge in [-0.05, 0) is 62.3 Å². The predicted molar refractivity (Wildman–Crippen MR) is 113 cm³/mol. The third-order valence-corrected chi connectivity index (χ3v) is 4.97. The highest BCUT2D eigenvalue weighted by Gasteiger charge is 2.50. The van der Waals surface area contributed by atoms with Gasteiger partial charge in [-0.25, -0.2) is 4.39 Å². The molecule has 6 nitrogen and oxygen atoms in total. The molecule has 1 aliphatic heterocycles. The van der Waals surface area contributed by atoms with E-state index in [0.717, 1.165) is 18.2 Å². The maximum atomic E-state index is 14.8. The zero-order valence-corrected chi connectivity index (χ0v) is 16.9. The van der Waals surface area contributed by atoms with Crippen LogP contribution in [0.4, 0.5) is 28.9 Å². The lowest BCUT2D eigenvalue weighted by Crippen LogP contribution is -2.44. The molecule has 0 unspecified atom stereocenters. The van der Waals surface area contributed by atoms with Crippen LogP contribution in [0.25, 0.3) is 0 Å². The molecular formula is C21H16F4N4O2S. The first kappa shape index (κ1) is 16.2. The maximum absolute atomic E-state index is 14.8. The summed E-state index contributed by atoms with van der Waals surface area (Å²) >= 11 is 5.22. The fraction of sp³-hybridized carbons (Fsp3) is 0.238. The molecule has 0 spiro atoms. The molecule has 1 heterocycles. The minimum Gasteiger partial charge on any atom is -0.355 e. The Morgan fingerprint density at radius 2 is 1.88 bits per heavy atom. The number of alkyl halides is 3. The minimum atomic E-state index is -5.07. The average molecular weight is 470 g/mol. The van der Waals surface area contributed by atoms with E-state index in [4.69, 9.17) is 25.7 Å². The Labute approximate surface area is 194 Å². The van der Waals surface area contributed by atoms with Gasteiger partial charge in [-0.15, -0.1) is 0 Å². The second-order valence-electron chi connectivity index (χ2n) is 6.55. The maximum Gasteiger partial charge on any atom is 0.417 e. The molecule has 1 aliphatic rings. The summed E-state index contributed by atoms with van der Waals surface area (Å²) in [5.74, 6) is -3.82. The lowest BCUT2D eigenvalue weighted by molar-refractivity contribution is -0.137. The van der Waals surface area contributed by atoms with Crippen molar-refractivity contribution in [2.75, 3.05) is 16.8 Å². The molecule has 1 fully saturated rings. The molecule has 0 saturated carbocycles. The van der Waals surface area contributed by atoms with E-state index >= 15 is 0 Å². The van der Waals surface area contributed by atoms with Crippen molar-refractivity contribution < 1.29 is 35.4 Å². The summed E-state index contributed by atoms with van der Waals surface area (Å²) in [5.41, 5.74) is -7.53. The van der Waals surface area contributed by atoms with Gasteiger partial charge in [0.15, 0.2) is 5.11 Å². The van der Waals surface area contributed by atoms with E-state index in [2.05, 4.69) is 5.32 Å². The Kier molecular flexibility index (Phi) is 3.97. The number of nitrogens with zero attached hydrogens (tertiary/aromatic N) is 3. The zero-order valence-electron chi connectivity index (χ0n) is 22.0. The fourth-order valence-electron chi connectivity index (χ4n) is 3.08. The molecule has 11 heteroatoms. The Hall–Kier alpha value is -3.52. The number of benzene rings is 2. The summed E-state index contributed by atoms with van der Waals surface area (Å²) in [6, 6.07) is 5.70. The first-order chi connectivity index (χ1) is 17.3. The number of thiocarbonyl (C=S) groups is 1. The van der Waals surface area contributed by atoms with E-state index < -0.39 is 76.2 Å². The number of carbonyl (C=O) groups is 2. The molecule has 166 valence electrons. The number of halogens is 4. The average Bonchev–Trinajstić information content (AvgIpc) is 3.04. The first-order valence-electron chi connectivity index (χ1n) is 11.7. The monoisotopic (exact) mass is 470 g/mol. The SMILES string of the molecule is [2H]C([2H])([2H])C1(C([2H])([2H])[2H])C(=O)N(c2ccc(C#N)c(C(F)(F)F)c2)C(=S)N1c1ccc(C(=O)NC)c(F)c1. The molecular weight excluding hydrogens is 448 g/mol. The van der Waals surface area contributed by atoms with Crippen LogP contribution < -0.4 is 15.1 Å². The summed E-state index contributed by atoms with van der Waals surface area (Å²) in [4.78, 5) is 26.2. The van der Waals surface area contributed by atoms with Crippen LogP contribution in [0.15, 0.2) is 36.4 Å². The molecule has 2 amide bonds. The number of nitriles is 1. The summed E-state index contributed by atoms with van der Waals surface area (Å²) < 4.78 is 104. The van der Waals surface area contributed by atoms with Gasteiger partial charge in [-0.2, -0.15) is 18.4 Å². The van der Waals surface area contributed by atoms with Crippen LogP contribution in [0.1, 0.15) is 43.4 Å². The zero-order chi connectivity index (χ0) is 29.0. The molecule has 0 aliphatic carbocycles. The number of nitrogens with one attached hydrogen (secondary N) is 1. The van der Waals surface area contributed by atoms with Gasteiger partial charge in [0, 0.05) is 21.0 Å². The van der Waals surface area contributed by atoms with E-state index in [0.29, 0.717) is 23.1 Å². The third-order valence-electron chi connectivity index (χ3n) is 4.60. The smallest absolute Gasteiger partial charge is 0.355 e. The quantitative estimate of drug-likeness (QED) is 0.542. The standard InChI is InChI=1S/C21H16F4N4O2S/c1-20(2)18(31)28(12-5-4-11(10-26)15(8-12)21(23,24)25)19(32)29(20)13-6-7-14(16(22)9-13)17(30)27-3/h4-9H,1-3H3,(H,27,30)/i1D3,2D3. The van der Waals surface area contributed by atoms with Crippen molar-refractivity contribution in [3.05, 3.63) is 58.9 Å². The van der Waals surface area contributed by atoms with Crippen molar-refractivity contribution in [1.29, 1.82) is 5.26 Å². The van der Waals surface area contributed by atoms with E-state index in [-0.39, 0.29) is 4.90 Å². The Balaban J connectivity index is 2.37. The normalized spacial score (nSPS) is 19.2. The van der Waals surface area contributed by atoms with Crippen LogP contribution in [-0.2, 0) is 11.0 Å². The van der Waals surface area contributed by atoms with Crippen molar-refractivity contribution in [3.8, 4) is 6.07 Å². The molecule has 32 heavy (non-hydrogen) atoms. The van der Waals surface area contributed by atoms with Crippen molar-refractivity contribution in [2.45, 2.75) is 25.4 Å². The topological polar surface area (TPSA) is 76.4 Å². The number of hydrogen-bond donors (Lipinski definition) is 1. The summed E-state index contributed by atoms with van der Waals surface area (Å²) in [7, 11) is 1.21. The number of anilines is 2. The van der Waals surface area contributed by atoms with E-state index in [1.165, 1.54) is 13.1 Å². The lowest BCUT2D eigenvalue weighted by Gasteiger charge is -2.29. The minimum absolute atomic E-state index is 0.287. The van der Waals surface area contributed by atoms with Gasteiger partial charge in [0.05, 0.1) is 28.4 Å². The van der Waals surface area contributed by atoms with E-state index in [1.807, 2.05) is 0 Å². The van der Waals surface area contributed by atoms with Gasteiger partial charge in [0.25, 0.3) is 11.8 Å². The van der Waals surface area contributed by atoms with Crippen LogP contribution in [0, 0.1) is 17.1 Å². The number of amides is 2. The van der Waals surface area contributed by atoms with Crippen molar-refractivity contribution in [3.63, 3.8) is 0 Å². The van der Waals surface area contributed by atoms with Gasteiger partial charge in [-0.1, -0.05) is 0 Å². The largest absolute Gasteiger partial charge is 0.417 e. The lowest BCUT2D eigenvalue weighted by atomic mass is 10.0. The number of carbonyl (C=O) groups excluding carboxylic acids is 2. The van der Waals surface area contributed by atoms with Crippen LogP contribution >= 0.6 is 12.2 Å². The molecule has 0 atom stereocenters. The van der Waals surface area contributed by atoms with Crippen LogP contribution in [-0.4, -0.2) is 29.5 Å². The third kappa shape index (κ3) is 3.67. The van der Waals surface area contributed by atoms with Crippen LogP contribution in [0.5, 0.6) is 0 Å². The highest BCUT2D eigenvalue weighted by molar-refractivity contribution is 7.81. The Morgan fingerprint density at radius 3 is 2.41 bits per heavy atom. The second-order valence-corrected chi connectivity index (χ2v) is 6.92. The van der Waals surface area contributed by atoms with Crippen molar-refractivity contribution in [2.24, 2.45) is 0 Å². The Bertz CT molecular complexity index is 1370. The summed E-state index contributed by atoms with van der Waals surface area (Å²) in [6.45, 7) is -7.38. The number of rotatable bonds is 3. The molecule has 0 aromatic heterocycles. The summed E-state index contributed by atoms with van der Waals surface area (Å²) in [6.07, 6.45) is -5.07. The van der Waals surface area contributed by atoms with Crippen LogP contribution in [0.3, 0.4) is 0 Å². The molecule has 1 saturated heterocycles. The highest BCUT2D eigenvalue weighted by atomic mass is 32.1. The van der Waals surface area contributed by atoms with Gasteiger partial charge in [-0.3, -0.25) is 14.5 Å². The Morgan fingerprint density at radius 1 is 1.22 bits per heavy atom. The van der Waals surface area contributed by atoms with Crippen LogP contribution in [0.2, 0.25) is 0 Å². The van der Waals surface area contributed by atoms with Crippen molar-refractivity contribution in [1.82, 2.24) is 5.32 Å². The predicted octanol–water partition coefficient (Wildman–Crippen LogP) is 3.99. The van der Waals surface area contributed by atoms with E-state index in [9.17, 15) is 27.2 Å². The van der Waals surface area contributed by atoms with Gasteiger partial charge < -0.3 is 10.2 Å². The van der Waals surface area contributed by atoms with Gasteiger partial charge in [0.2, 0.25) is 0 Å². The second kappa shape index (κ2) is 7.87. The fourth-order valence-corrected chi connectivity index (χ4v) is 3.52. The molecule has 0 radical (unpaired) electrons. The van der Waals surface area contributed by atoms with Crippen molar-refractivity contribution >= 4 is 40.5 Å². The van der Waals surface area contributed by atoms with Gasteiger partial charge in [0.1, 0.15) is 11.4 Å². The molecule has 2 aromatic rings. The summed E-state index contributed by atoms with van der Waals surface area (Å²) in [5, 5.41) is 10.3. The van der Waals surface area contributed by atoms with Gasteiger partial charge >= 0.3 is 6.18 Å². The number of hydrogen-bond acceptors (Lipinski definition) is 4. The van der Waals surface area contributed by atoms with E-state index in [1.54, 1.807) is 0 Å². The molecule has 3 rings (SSSR count). The molecule has 0 bridgehead atoms. The molecule has 2 aromatic carbocycles. The highest BCUT2D eigenvalue weighted by Crippen LogP contribution is 2.39.